The Morgan fingerprint density at radius 1 is 1.15 bits per heavy atom. The van der Waals surface area contributed by atoms with Crippen LogP contribution in [0.1, 0.15) is 60.9 Å². The van der Waals surface area contributed by atoms with Gasteiger partial charge < -0.3 is 11.1 Å². The first kappa shape index (κ1) is 15.0. The molecule has 1 aromatic carbocycles. The molecular weight excluding hydrogens is 248 g/mol. The number of hydrogen-bond acceptors (Lipinski definition) is 2. The number of rotatable bonds is 4. The summed E-state index contributed by atoms with van der Waals surface area (Å²) in [5.41, 5.74) is 7.47. The summed E-state index contributed by atoms with van der Waals surface area (Å²) < 4.78 is 0. The third-order valence-corrected chi connectivity index (χ3v) is 4.06. The molecule has 1 saturated carbocycles. The molecule has 1 fully saturated rings. The number of benzene rings is 1. The number of carbonyl (C=O) groups excluding carboxylic acids is 1. The molecule has 0 radical (unpaired) electrons. The molecule has 3 N–H and O–H groups in total. The summed E-state index contributed by atoms with van der Waals surface area (Å²) in [6.07, 6.45) is 9.49. The highest BCUT2D eigenvalue weighted by atomic mass is 16.1. The minimum Gasteiger partial charge on any atom is -0.349 e. The van der Waals surface area contributed by atoms with E-state index in [-0.39, 0.29) is 5.91 Å². The topological polar surface area (TPSA) is 55.1 Å². The van der Waals surface area contributed by atoms with Crippen LogP contribution in [0.2, 0.25) is 0 Å². The lowest BCUT2D eigenvalue weighted by Crippen LogP contribution is -2.35. The van der Waals surface area contributed by atoms with Crippen molar-refractivity contribution >= 4 is 5.91 Å². The maximum Gasteiger partial charge on any atom is 0.251 e. The molecular formula is C17H26N2O. The molecule has 110 valence electrons. The summed E-state index contributed by atoms with van der Waals surface area (Å²) in [5, 5.41) is 3.20. The van der Waals surface area contributed by atoms with Crippen LogP contribution in [0.15, 0.2) is 24.3 Å². The second kappa shape index (κ2) is 8.05. The zero-order valence-corrected chi connectivity index (χ0v) is 12.2. The molecule has 0 aromatic heterocycles. The van der Waals surface area contributed by atoms with Gasteiger partial charge in [0.2, 0.25) is 0 Å². The van der Waals surface area contributed by atoms with Crippen LogP contribution in [0.4, 0.5) is 0 Å². The van der Waals surface area contributed by atoms with Crippen molar-refractivity contribution in [3.63, 3.8) is 0 Å². The Hall–Kier alpha value is -1.35. The van der Waals surface area contributed by atoms with Gasteiger partial charge >= 0.3 is 0 Å². The highest BCUT2D eigenvalue weighted by Gasteiger charge is 2.15. The van der Waals surface area contributed by atoms with Gasteiger partial charge in [0.05, 0.1) is 0 Å². The zero-order valence-electron chi connectivity index (χ0n) is 12.2. The predicted molar refractivity (Wildman–Crippen MR) is 82.8 cm³/mol. The van der Waals surface area contributed by atoms with Crippen LogP contribution < -0.4 is 11.1 Å². The van der Waals surface area contributed by atoms with E-state index in [2.05, 4.69) is 5.32 Å². The summed E-state index contributed by atoms with van der Waals surface area (Å²) in [4.78, 5) is 12.3. The zero-order chi connectivity index (χ0) is 14.2. The molecule has 0 unspecified atom stereocenters. The van der Waals surface area contributed by atoms with E-state index in [0.29, 0.717) is 12.6 Å². The van der Waals surface area contributed by atoms with Crippen LogP contribution in [0.25, 0.3) is 0 Å². The molecule has 20 heavy (non-hydrogen) atoms. The van der Waals surface area contributed by atoms with Crippen LogP contribution >= 0.6 is 0 Å². The van der Waals surface area contributed by atoms with Crippen LogP contribution in [0.3, 0.4) is 0 Å². The Balaban J connectivity index is 1.94. The number of nitrogens with two attached hydrogens (primary N) is 1. The van der Waals surface area contributed by atoms with E-state index in [1.54, 1.807) is 0 Å². The number of hydrogen-bond donors (Lipinski definition) is 2. The van der Waals surface area contributed by atoms with Crippen molar-refractivity contribution in [2.45, 2.75) is 57.4 Å². The van der Waals surface area contributed by atoms with Crippen molar-refractivity contribution in [1.29, 1.82) is 0 Å². The monoisotopic (exact) mass is 274 g/mol. The second-order valence-corrected chi connectivity index (χ2v) is 5.75. The fourth-order valence-electron chi connectivity index (χ4n) is 2.90. The fourth-order valence-corrected chi connectivity index (χ4v) is 2.90. The highest BCUT2D eigenvalue weighted by Crippen LogP contribution is 2.17. The van der Waals surface area contributed by atoms with E-state index >= 15 is 0 Å². The largest absolute Gasteiger partial charge is 0.349 e. The summed E-state index contributed by atoms with van der Waals surface area (Å²) >= 11 is 0. The van der Waals surface area contributed by atoms with Crippen molar-refractivity contribution in [2.75, 3.05) is 6.54 Å². The summed E-state index contributed by atoms with van der Waals surface area (Å²) in [6, 6.07) is 8.17. The van der Waals surface area contributed by atoms with Crippen LogP contribution in [0.5, 0.6) is 0 Å². The van der Waals surface area contributed by atoms with E-state index in [0.717, 1.165) is 30.4 Å². The molecule has 1 amide bonds. The fraction of sp³-hybridized carbons (Fsp3) is 0.588. The van der Waals surface area contributed by atoms with E-state index in [4.69, 9.17) is 5.73 Å². The lowest BCUT2D eigenvalue weighted by molar-refractivity contribution is 0.0930. The van der Waals surface area contributed by atoms with Crippen molar-refractivity contribution in [3.8, 4) is 0 Å². The maximum atomic E-state index is 12.3. The Morgan fingerprint density at radius 3 is 2.55 bits per heavy atom. The highest BCUT2D eigenvalue weighted by molar-refractivity contribution is 5.94. The van der Waals surface area contributed by atoms with Gasteiger partial charge in [0.25, 0.3) is 5.91 Å². The van der Waals surface area contributed by atoms with Gasteiger partial charge in [0, 0.05) is 11.6 Å². The van der Waals surface area contributed by atoms with E-state index < -0.39 is 0 Å². The summed E-state index contributed by atoms with van der Waals surface area (Å²) in [7, 11) is 0. The van der Waals surface area contributed by atoms with Crippen LogP contribution in [-0.4, -0.2) is 18.5 Å². The van der Waals surface area contributed by atoms with Crippen LogP contribution in [-0.2, 0) is 6.42 Å². The smallest absolute Gasteiger partial charge is 0.251 e. The van der Waals surface area contributed by atoms with Gasteiger partial charge in [0.1, 0.15) is 0 Å². The normalized spacial score (nSPS) is 17.2. The quantitative estimate of drug-likeness (QED) is 0.886. The van der Waals surface area contributed by atoms with Gasteiger partial charge in [-0.3, -0.25) is 4.79 Å². The lowest BCUT2D eigenvalue weighted by atomic mass is 9.96. The van der Waals surface area contributed by atoms with Gasteiger partial charge in [-0.2, -0.15) is 0 Å². The first-order chi connectivity index (χ1) is 9.79. The van der Waals surface area contributed by atoms with E-state index in [9.17, 15) is 4.79 Å². The molecule has 0 atom stereocenters. The van der Waals surface area contributed by atoms with Crippen molar-refractivity contribution in [1.82, 2.24) is 5.32 Å². The minimum absolute atomic E-state index is 0.0643. The molecule has 1 aliphatic rings. The Bertz CT molecular complexity index is 423. The molecule has 3 heteroatoms. The molecule has 1 aromatic rings. The van der Waals surface area contributed by atoms with Gasteiger partial charge in [0.15, 0.2) is 0 Å². The molecule has 1 aliphatic carbocycles. The first-order valence-electron chi connectivity index (χ1n) is 7.89. The number of carbonyl (C=O) groups is 1. The standard InChI is InChI=1S/C17H26N2O/c18-12-11-14-7-6-8-15(13-14)17(20)19-16-9-4-2-1-3-5-10-16/h6-8,13,16H,1-5,9-12,18H2,(H,19,20). The average molecular weight is 274 g/mol. The van der Waals surface area contributed by atoms with Crippen molar-refractivity contribution < 1.29 is 4.79 Å². The van der Waals surface area contributed by atoms with Gasteiger partial charge in [-0.05, 0) is 43.5 Å². The second-order valence-electron chi connectivity index (χ2n) is 5.75. The minimum atomic E-state index is 0.0643. The molecule has 0 heterocycles. The lowest BCUT2D eigenvalue weighted by Gasteiger charge is -2.21. The van der Waals surface area contributed by atoms with Gasteiger partial charge in [-0.1, -0.05) is 44.2 Å². The molecule has 0 saturated heterocycles. The first-order valence-corrected chi connectivity index (χ1v) is 7.89. The summed E-state index contributed by atoms with van der Waals surface area (Å²) in [5.74, 6) is 0.0643. The Kier molecular flexibility index (Phi) is 6.06. The molecule has 0 bridgehead atoms. The van der Waals surface area contributed by atoms with E-state index in [1.807, 2.05) is 24.3 Å². The van der Waals surface area contributed by atoms with Gasteiger partial charge in [-0.25, -0.2) is 0 Å². The number of amides is 1. The van der Waals surface area contributed by atoms with E-state index in [1.165, 1.54) is 32.1 Å². The van der Waals surface area contributed by atoms with Gasteiger partial charge in [-0.15, -0.1) is 0 Å². The predicted octanol–water partition coefficient (Wildman–Crippen LogP) is 3.03. The maximum absolute atomic E-state index is 12.3. The third kappa shape index (κ3) is 4.64. The molecule has 2 rings (SSSR count). The molecule has 0 spiro atoms. The number of nitrogens with one attached hydrogen (secondary N) is 1. The average Bonchev–Trinajstić information content (AvgIpc) is 2.42. The third-order valence-electron chi connectivity index (χ3n) is 4.06. The molecule has 0 aliphatic heterocycles. The molecule has 3 nitrogen and oxygen atoms in total. The van der Waals surface area contributed by atoms with Crippen LogP contribution in [0, 0.1) is 0 Å². The summed E-state index contributed by atoms with van der Waals surface area (Å²) in [6.45, 7) is 0.619. The SMILES string of the molecule is NCCc1cccc(C(=O)NC2CCCCCCC2)c1. The Labute approximate surface area is 121 Å². The van der Waals surface area contributed by atoms with Crippen molar-refractivity contribution in [3.05, 3.63) is 35.4 Å². The van der Waals surface area contributed by atoms with Crippen molar-refractivity contribution in [2.24, 2.45) is 5.73 Å². The Morgan fingerprint density at radius 2 is 1.85 bits per heavy atom.